The fraction of sp³-hybridized carbons (Fsp3) is 0.500. The number of ether oxygens (including phenoxy) is 1. The van der Waals surface area contributed by atoms with Crippen molar-refractivity contribution in [1.82, 2.24) is 5.32 Å². The average Bonchev–Trinajstić information content (AvgIpc) is 2.79. The Morgan fingerprint density at radius 3 is 2.95 bits per heavy atom. The molecule has 1 aliphatic rings. The molecule has 0 bridgehead atoms. The third-order valence-corrected chi connectivity index (χ3v) is 3.14. The molecule has 0 spiro atoms. The average molecular weight is 281 g/mol. The molecule has 6 heteroatoms. The minimum absolute atomic E-state index is 0.201. The zero-order valence-electron chi connectivity index (χ0n) is 11.8. The van der Waals surface area contributed by atoms with Crippen molar-refractivity contribution in [1.29, 1.82) is 0 Å². The first kappa shape index (κ1) is 14.6. The normalized spacial score (nSPS) is 18.2. The highest BCUT2D eigenvalue weighted by Crippen LogP contribution is 2.25. The zero-order chi connectivity index (χ0) is 14.5. The minimum atomic E-state index is -0.432. The highest BCUT2D eigenvalue weighted by Gasteiger charge is 2.32. The molecule has 20 heavy (non-hydrogen) atoms. The molecular weight excluding hydrogens is 261 g/mol. The van der Waals surface area contributed by atoms with Crippen molar-refractivity contribution in [3.63, 3.8) is 0 Å². The lowest BCUT2D eigenvalue weighted by Crippen LogP contribution is -2.29. The van der Waals surface area contributed by atoms with Gasteiger partial charge >= 0.3 is 6.09 Å². The number of cyclic esters (lactones) is 1. The SMILES string of the molecule is CCCNc1ccc(N2C[C@H](CNC)OC2=O)cc1F. The van der Waals surface area contributed by atoms with Gasteiger partial charge in [-0.1, -0.05) is 6.92 Å². The van der Waals surface area contributed by atoms with Gasteiger partial charge in [-0.25, -0.2) is 9.18 Å². The number of carbonyl (C=O) groups excluding carboxylic acids is 1. The lowest BCUT2D eigenvalue weighted by molar-refractivity contribution is 0.141. The van der Waals surface area contributed by atoms with Crippen LogP contribution >= 0.6 is 0 Å². The summed E-state index contributed by atoms with van der Waals surface area (Å²) in [6, 6.07) is 4.74. The van der Waals surface area contributed by atoms with Gasteiger partial charge in [0.2, 0.25) is 0 Å². The number of hydrogen-bond donors (Lipinski definition) is 2. The van der Waals surface area contributed by atoms with Crippen LogP contribution in [0.3, 0.4) is 0 Å². The van der Waals surface area contributed by atoms with Crippen molar-refractivity contribution in [2.24, 2.45) is 0 Å². The van der Waals surface area contributed by atoms with Gasteiger partial charge in [-0.15, -0.1) is 0 Å². The Balaban J connectivity index is 2.09. The van der Waals surface area contributed by atoms with Crippen molar-refractivity contribution in [2.75, 3.05) is 36.9 Å². The highest BCUT2D eigenvalue weighted by molar-refractivity contribution is 5.90. The maximum atomic E-state index is 13.9. The van der Waals surface area contributed by atoms with Crippen LogP contribution in [-0.4, -0.2) is 38.9 Å². The number of carbonyl (C=O) groups is 1. The van der Waals surface area contributed by atoms with E-state index in [9.17, 15) is 9.18 Å². The number of amides is 1. The largest absolute Gasteiger partial charge is 0.443 e. The van der Waals surface area contributed by atoms with Crippen LogP contribution in [0.2, 0.25) is 0 Å². The van der Waals surface area contributed by atoms with Gasteiger partial charge in [-0.2, -0.15) is 0 Å². The van der Waals surface area contributed by atoms with E-state index in [1.54, 1.807) is 19.2 Å². The second kappa shape index (κ2) is 6.56. The summed E-state index contributed by atoms with van der Waals surface area (Å²) in [7, 11) is 1.80. The second-order valence-electron chi connectivity index (χ2n) is 4.76. The van der Waals surface area contributed by atoms with E-state index in [0.29, 0.717) is 31.0 Å². The van der Waals surface area contributed by atoms with Crippen LogP contribution < -0.4 is 15.5 Å². The maximum Gasteiger partial charge on any atom is 0.414 e. The molecule has 1 aliphatic heterocycles. The van der Waals surface area contributed by atoms with Crippen molar-refractivity contribution in [3.05, 3.63) is 24.0 Å². The molecule has 1 saturated heterocycles. The maximum absolute atomic E-state index is 13.9. The minimum Gasteiger partial charge on any atom is -0.443 e. The Bertz CT molecular complexity index is 481. The summed E-state index contributed by atoms with van der Waals surface area (Å²) < 4.78 is 19.1. The molecule has 5 nitrogen and oxygen atoms in total. The molecule has 1 amide bonds. The molecule has 110 valence electrons. The van der Waals surface area contributed by atoms with E-state index in [-0.39, 0.29) is 11.9 Å². The smallest absolute Gasteiger partial charge is 0.414 e. The fourth-order valence-electron chi connectivity index (χ4n) is 2.14. The third-order valence-electron chi connectivity index (χ3n) is 3.14. The van der Waals surface area contributed by atoms with Crippen LogP contribution in [0.4, 0.5) is 20.6 Å². The summed E-state index contributed by atoms with van der Waals surface area (Å²) in [5, 5.41) is 5.96. The summed E-state index contributed by atoms with van der Waals surface area (Å²) in [4.78, 5) is 13.2. The van der Waals surface area contributed by atoms with Gasteiger partial charge in [-0.3, -0.25) is 4.90 Å². The number of hydrogen-bond acceptors (Lipinski definition) is 4. The van der Waals surface area contributed by atoms with E-state index < -0.39 is 6.09 Å². The number of anilines is 2. The van der Waals surface area contributed by atoms with Crippen molar-refractivity contribution < 1.29 is 13.9 Å². The lowest BCUT2D eigenvalue weighted by atomic mass is 10.2. The number of benzene rings is 1. The molecule has 2 rings (SSSR count). The van der Waals surface area contributed by atoms with Crippen LogP contribution in [0.15, 0.2) is 18.2 Å². The molecule has 1 atom stereocenters. The van der Waals surface area contributed by atoms with Crippen LogP contribution in [-0.2, 0) is 4.74 Å². The number of rotatable bonds is 6. The van der Waals surface area contributed by atoms with E-state index in [2.05, 4.69) is 10.6 Å². The Morgan fingerprint density at radius 1 is 1.50 bits per heavy atom. The summed E-state index contributed by atoms with van der Waals surface area (Å²) in [5.41, 5.74) is 0.975. The second-order valence-corrected chi connectivity index (χ2v) is 4.76. The Kier molecular flexibility index (Phi) is 4.79. The van der Waals surface area contributed by atoms with E-state index in [4.69, 9.17) is 4.74 Å². The molecule has 0 aliphatic carbocycles. The van der Waals surface area contributed by atoms with Gasteiger partial charge in [-0.05, 0) is 31.7 Å². The van der Waals surface area contributed by atoms with Gasteiger partial charge in [0.15, 0.2) is 0 Å². The van der Waals surface area contributed by atoms with Gasteiger partial charge in [0.05, 0.1) is 17.9 Å². The van der Waals surface area contributed by atoms with Crippen LogP contribution in [0.25, 0.3) is 0 Å². The van der Waals surface area contributed by atoms with E-state index in [1.165, 1.54) is 11.0 Å². The molecule has 1 fully saturated rings. The van der Waals surface area contributed by atoms with Gasteiger partial charge in [0.25, 0.3) is 0 Å². The van der Waals surface area contributed by atoms with Crippen LogP contribution in [0.1, 0.15) is 13.3 Å². The molecule has 0 unspecified atom stereocenters. The van der Waals surface area contributed by atoms with E-state index in [1.807, 2.05) is 6.92 Å². The third kappa shape index (κ3) is 3.19. The van der Waals surface area contributed by atoms with Gasteiger partial charge < -0.3 is 15.4 Å². The van der Waals surface area contributed by atoms with E-state index in [0.717, 1.165) is 6.42 Å². The highest BCUT2D eigenvalue weighted by atomic mass is 19.1. The van der Waals surface area contributed by atoms with Crippen LogP contribution in [0.5, 0.6) is 0 Å². The molecule has 0 saturated carbocycles. The van der Waals surface area contributed by atoms with Crippen LogP contribution in [0, 0.1) is 5.82 Å². The molecule has 2 N–H and O–H groups in total. The lowest BCUT2D eigenvalue weighted by Gasteiger charge is -2.14. The molecule has 1 aromatic rings. The Morgan fingerprint density at radius 2 is 2.30 bits per heavy atom. The number of nitrogens with zero attached hydrogens (tertiary/aromatic N) is 1. The predicted octanol–water partition coefficient (Wildman–Crippen LogP) is 2.19. The first-order valence-electron chi connectivity index (χ1n) is 6.82. The number of nitrogens with one attached hydrogen (secondary N) is 2. The van der Waals surface area contributed by atoms with Gasteiger partial charge in [0.1, 0.15) is 11.9 Å². The quantitative estimate of drug-likeness (QED) is 0.839. The standard InChI is InChI=1S/C14H20FN3O2/c1-3-6-17-13-5-4-10(7-12(13)15)18-9-11(8-16-2)20-14(18)19/h4-5,7,11,16-17H,3,6,8-9H2,1-2H3/t11-/m0/s1. The molecule has 0 radical (unpaired) electrons. The topological polar surface area (TPSA) is 53.6 Å². The van der Waals surface area contributed by atoms with Gasteiger partial charge in [0, 0.05) is 13.1 Å². The molecule has 1 aromatic carbocycles. The zero-order valence-corrected chi connectivity index (χ0v) is 11.8. The van der Waals surface area contributed by atoms with Crippen molar-refractivity contribution >= 4 is 17.5 Å². The Hall–Kier alpha value is -1.82. The summed E-state index contributed by atoms with van der Waals surface area (Å²) >= 11 is 0. The first-order chi connectivity index (χ1) is 9.65. The molecule has 0 aromatic heterocycles. The summed E-state index contributed by atoms with van der Waals surface area (Å²) in [5.74, 6) is -0.360. The summed E-state index contributed by atoms with van der Waals surface area (Å²) in [6.45, 7) is 3.75. The fourth-order valence-corrected chi connectivity index (χ4v) is 2.14. The van der Waals surface area contributed by atoms with Crippen molar-refractivity contribution in [2.45, 2.75) is 19.4 Å². The number of likely N-dealkylation sites (N-methyl/N-ethyl adjacent to an activating group) is 1. The number of halogens is 1. The van der Waals surface area contributed by atoms with Crippen molar-refractivity contribution in [3.8, 4) is 0 Å². The molecule has 1 heterocycles. The van der Waals surface area contributed by atoms with E-state index >= 15 is 0 Å². The molecular formula is C14H20FN3O2. The predicted molar refractivity (Wildman–Crippen MR) is 76.7 cm³/mol. The Labute approximate surface area is 118 Å². The first-order valence-corrected chi connectivity index (χ1v) is 6.82. The monoisotopic (exact) mass is 281 g/mol. The summed E-state index contributed by atoms with van der Waals surface area (Å²) in [6.07, 6.45) is 0.290.